The molecule has 2 rings (SSSR count). The van der Waals surface area contributed by atoms with Crippen molar-refractivity contribution in [1.29, 1.82) is 0 Å². The van der Waals surface area contributed by atoms with E-state index >= 15 is 0 Å². The molecule has 2 aliphatic carbocycles. The summed E-state index contributed by atoms with van der Waals surface area (Å²) in [7, 11) is 0. The van der Waals surface area contributed by atoms with Crippen LogP contribution >= 0.6 is 0 Å². The molecule has 0 amide bonds. The van der Waals surface area contributed by atoms with Crippen molar-refractivity contribution in [3.63, 3.8) is 0 Å². The second-order valence-corrected chi connectivity index (χ2v) is 8.94. The highest BCUT2D eigenvalue weighted by Crippen LogP contribution is 2.49. The Kier molecular flexibility index (Phi) is 9.94. The van der Waals surface area contributed by atoms with Gasteiger partial charge in [0.2, 0.25) is 0 Å². The molecule has 0 spiro atoms. The topological polar surface area (TPSA) is 20.2 Å². The first-order valence-corrected chi connectivity index (χ1v) is 11.8. The van der Waals surface area contributed by atoms with Gasteiger partial charge in [0.25, 0.3) is 0 Å². The first-order valence-electron chi connectivity index (χ1n) is 11.8. The molecule has 0 bridgehead atoms. The van der Waals surface area contributed by atoms with Gasteiger partial charge in [-0.05, 0) is 66.7 Å². The molecule has 0 aromatic carbocycles. The van der Waals surface area contributed by atoms with Crippen LogP contribution in [0.1, 0.15) is 78.6 Å². The van der Waals surface area contributed by atoms with E-state index in [2.05, 4.69) is 64.3 Å². The standard InChI is InChI=1S/C28H42O/c1-6-9-16-21(4)17-14-12-10-11-13-15-18-22(5)25-20-26-27(25)23(7-2)19-24(8-3)28(26)29/h6-7,9,15,18,20-21,24,26,28-29H,2,5,8,10-14,16-17,19H2,1,3-4H3/b9-6-,18-15-. The monoisotopic (exact) mass is 394 g/mol. The zero-order chi connectivity index (χ0) is 21.2. The molecule has 0 saturated heterocycles. The van der Waals surface area contributed by atoms with Crippen LogP contribution in [0, 0.1) is 17.8 Å². The number of rotatable bonds is 13. The number of hydrogen-bond acceptors (Lipinski definition) is 1. The van der Waals surface area contributed by atoms with Crippen LogP contribution in [-0.4, -0.2) is 11.2 Å². The molecule has 0 radical (unpaired) electrons. The van der Waals surface area contributed by atoms with Gasteiger partial charge in [-0.3, -0.25) is 0 Å². The van der Waals surface area contributed by atoms with Crippen molar-refractivity contribution < 1.29 is 5.11 Å². The van der Waals surface area contributed by atoms with Crippen molar-refractivity contribution in [2.75, 3.05) is 0 Å². The minimum absolute atomic E-state index is 0.178. The largest absolute Gasteiger partial charge is 0.392 e. The Bertz CT molecular complexity index is 672. The van der Waals surface area contributed by atoms with Crippen LogP contribution in [0.25, 0.3) is 0 Å². The molecule has 0 aromatic heterocycles. The van der Waals surface area contributed by atoms with Crippen molar-refractivity contribution in [2.24, 2.45) is 17.8 Å². The van der Waals surface area contributed by atoms with E-state index < -0.39 is 0 Å². The molecule has 29 heavy (non-hydrogen) atoms. The third-order valence-electron chi connectivity index (χ3n) is 6.68. The lowest BCUT2D eigenvalue weighted by Gasteiger charge is -2.43. The second kappa shape index (κ2) is 12.2. The van der Waals surface area contributed by atoms with Crippen molar-refractivity contribution in [1.82, 2.24) is 0 Å². The zero-order valence-corrected chi connectivity index (χ0v) is 19.0. The molecule has 1 heteroatoms. The third kappa shape index (κ3) is 6.44. The van der Waals surface area contributed by atoms with E-state index in [1.165, 1.54) is 55.2 Å². The zero-order valence-electron chi connectivity index (χ0n) is 19.0. The number of aliphatic hydroxyl groups is 1. The fourth-order valence-corrected chi connectivity index (χ4v) is 4.67. The Balaban J connectivity index is 1.71. The first-order chi connectivity index (χ1) is 14.0. The molecule has 0 heterocycles. The van der Waals surface area contributed by atoms with E-state index in [4.69, 9.17) is 0 Å². The van der Waals surface area contributed by atoms with Crippen LogP contribution in [0.4, 0.5) is 0 Å². The normalized spacial score (nSPS) is 25.1. The maximum absolute atomic E-state index is 10.6. The predicted molar refractivity (Wildman–Crippen MR) is 128 cm³/mol. The molecule has 1 N–H and O–H groups in total. The van der Waals surface area contributed by atoms with E-state index in [0.29, 0.717) is 5.92 Å². The number of unbranched alkanes of at least 4 members (excludes halogenated alkanes) is 4. The SMILES string of the molecule is C=CC1=C2C(C(=C)/C=C\CCCCCCC(C)C/C=C\C)=CC2C(O)C(CC)C1. The third-order valence-corrected chi connectivity index (χ3v) is 6.68. The molecule has 1 nitrogen and oxygen atoms in total. The second-order valence-electron chi connectivity index (χ2n) is 8.94. The van der Waals surface area contributed by atoms with E-state index in [1.54, 1.807) is 0 Å². The van der Waals surface area contributed by atoms with Gasteiger partial charge in [-0.15, -0.1) is 0 Å². The van der Waals surface area contributed by atoms with Gasteiger partial charge in [0.1, 0.15) is 0 Å². The minimum Gasteiger partial charge on any atom is -0.392 e. The van der Waals surface area contributed by atoms with E-state index in [9.17, 15) is 5.11 Å². The molecule has 2 aliphatic rings. The number of aliphatic hydroxyl groups excluding tert-OH is 1. The highest BCUT2D eigenvalue weighted by Gasteiger charge is 2.41. The fourth-order valence-electron chi connectivity index (χ4n) is 4.67. The summed E-state index contributed by atoms with van der Waals surface area (Å²) in [5.74, 6) is 1.34. The van der Waals surface area contributed by atoms with Crippen LogP contribution in [0.2, 0.25) is 0 Å². The van der Waals surface area contributed by atoms with Crippen LogP contribution in [0.15, 0.2) is 71.9 Å². The van der Waals surface area contributed by atoms with Crippen molar-refractivity contribution in [2.45, 2.75) is 84.7 Å². The summed E-state index contributed by atoms with van der Waals surface area (Å²) in [5, 5.41) is 10.6. The summed E-state index contributed by atoms with van der Waals surface area (Å²) in [6.07, 6.45) is 23.7. The summed E-state index contributed by atoms with van der Waals surface area (Å²) >= 11 is 0. The molecular formula is C28H42O. The van der Waals surface area contributed by atoms with Gasteiger partial charge >= 0.3 is 0 Å². The number of fused-ring (bicyclic) bond motifs is 1. The molecule has 0 aliphatic heterocycles. The summed E-state index contributed by atoms with van der Waals surface area (Å²) in [6.45, 7) is 14.9. The Labute approximate surface area is 179 Å². The molecule has 4 atom stereocenters. The lowest BCUT2D eigenvalue weighted by molar-refractivity contribution is 0.0665. The van der Waals surface area contributed by atoms with Crippen LogP contribution < -0.4 is 0 Å². The molecule has 160 valence electrons. The number of allylic oxidation sites excluding steroid dienone is 8. The smallest absolute Gasteiger partial charge is 0.0675 e. The molecule has 0 aromatic rings. The fraction of sp³-hybridized carbons (Fsp3) is 0.571. The molecule has 0 saturated carbocycles. The Morgan fingerprint density at radius 1 is 1.24 bits per heavy atom. The van der Waals surface area contributed by atoms with Crippen molar-refractivity contribution in [3.05, 3.63) is 71.9 Å². The van der Waals surface area contributed by atoms with Gasteiger partial charge in [0, 0.05) is 5.92 Å². The average molecular weight is 395 g/mol. The summed E-state index contributed by atoms with van der Waals surface area (Å²) in [4.78, 5) is 0. The molecular weight excluding hydrogens is 352 g/mol. The maximum Gasteiger partial charge on any atom is 0.0675 e. The average Bonchev–Trinajstić information content (AvgIpc) is 2.69. The van der Waals surface area contributed by atoms with Gasteiger partial charge in [-0.2, -0.15) is 0 Å². The van der Waals surface area contributed by atoms with E-state index in [-0.39, 0.29) is 12.0 Å². The molecule has 0 fully saturated rings. The maximum atomic E-state index is 10.6. The lowest BCUT2D eigenvalue weighted by Crippen LogP contribution is -2.39. The van der Waals surface area contributed by atoms with Gasteiger partial charge in [0.05, 0.1) is 6.10 Å². The van der Waals surface area contributed by atoms with Crippen molar-refractivity contribution in [3.8, 4) is 0 Å². The minimum atomic E-state index is -0.250. The van der Waals surface area contributed by atoms with Gasteiger partial charge in [-0.1, -0.05) is 95.6 Å². The summed E-state index contributed by atoms with van der Waals surface area (Å²) < 4.78 is 0. The van der Waals surface area contributed by atoms with Crippen LogP contribution in [-0.2, 0) is 0 Å². The summed E-state index contributed by atoms with van der Waals surface area (Å²) in [5.41, 5.74) is 4.90. The van der Waals surface area contributed by atoms with Gasteiger partial charge in [0.15, 0.2) is 0 Å². The van der Waals surface area contributed by atoms with Crippen molar-refractivity contribution >= 4 is 0 Å². The molecule has 4 unspecified atom stereocenters. The van der Waals surface area contributed by atoms with Crippen LogP contribution in [0.3, 0.4) is 0 Å². The highest BCUT2D eigenvalue weighted by atomic mass is 16.3. The Morgan fingerprint density at radius 2 is 2.00 bits per heavy atom. The van der Waals surface area contributed by atoms with Crippen LogP contribution in [0.5, 0.6) is 0 Å². The first kappa shape index (κ1) is 23.7. The Morgan fingerprint density at radius 3 is 2.69 bits per heavy atom. The Hall–Kier alpha value is -1.60. The quantitative estimate of drug-likeness (QED) is 0.191. The number of hydrogen-bond donors (Lipinski definition) is 1. The highest BCUT2D eigenvalue weighted by molar-refractivity contribution is 5.63. The van der Waals surface area contributed by atoms with E-state index in [0.717, 1.165) is 30.8 Å². The predicted octanol–water partition coefficient (Wildman–Crippen LogP) is 7.87. The van der Waals surface area contributed by atoms with Gasteiger partial charge in [-0.25, -0.2) is 0 Å². The lowest BCUT2D eigenvalue weighted by atomic mass is 9.63. The van der Waals surface area contributed by atoms with Gasteiger partial charge < -0.3 is 5.11 Å². The van der Waals surface area contributed by atoms with E-state index in [1.807, 2.05) is 6.08 Å². The summed E-state index contributed by atoms with van der Waals surface area (Å²) in [6, 6.07) is 0.